The molecule has 34 heavy (non-hydrogen) atoms. The van der Waals surface area contributed by atoms with E-state index in [-0.39, 0.29) is 19.0 Å². The molecular formula is C23H24F2N4O4S. The van der Waals surface area contributed by atoms with Crippen LogP contribution in [0.2, 0.25) is 0 Å². The number of halogens is 2. The van der Waals surface area contributed by atoms with E-state index in [1.165, 1.54) is 24.7 Å². The Morgan fingerprint density at radius 2 is 1.97 bits per heavy atom. The molecule has 2 fully saturated rings. The van der Waals surface area contributed by atoms with Gasteiger partial charge in [0.1, 0.15) is 35.9 Å². The summed E-state index contributed by atoms with van der Waals surface area (Å²) in [6.45, 7) is 1.98. The van der Waals surface area contributed by atoms with Crippen molar-refractivity contribution in [1.82, 2.24) is 9.97 Å². The van der Waals surface area contributed by atoms with E-state index in [9.17, 15) is 13.0 Å². The van der Waals surface area contributed by atoms with Gasteiger partial charge in [-0.15, -0.1) is 0 Å². The van der Waals surface area contributed by atoms with Gasteiger partial charge in [0, 0.05) is 33.1 Å². The molecule has 8 nitrogen and oxygen atoms in total. The highest BCUT2D eigenvalue weighted by molar-refractivity contribution is 8.00. The lowest BCUT2D eigenvalue weighted by Crippen LogP contribution is -2.34. The van der Waals surface area contributed by atoms with E-state index in [1.54, 1.807) is 12.1 Å². The predicted molar refractivity (Wildman–Crippen MR) is 128 cm³/mol. The molecule has 0 saturated carbocycles. The monoisotopic (exact) mass is 490 g/mol. The quantitative estimate of drug-likeness (QED) is 0.512. The van der Waals surface area contributed by atoms with Crippen molar-refractivity contribution < 1.29 is 27.2 Å². The highest BCUT2D eigenvalue weighted by Gasteiger charge is 2.49. The van der Waals surface area contributed by atoms with E-state index in [2.05, 4.69) is 25.9 Å². The first kappa shape index (κ1) is 22.8. The van der Waals surface area contributed by atoms with E-state index in [1.807, 2.05) is 13.0 Å². The standard InChI is InChI=1S/C23H24F2N4O4S/c1-12-6-14(29-34(2,3)30)8-17-20(12)23(27-11-26-17)28-16-5-4-13(24)7-18(16)33-19-10-32-21-15(25)9-31-22(19)21/h4-8,11,15,19,21-22H,2,9-10H2,1,3H3,(H,29,30)(H,26,27,28). The van der Waals surface area contributed by atoms with Crippen molar-refractivity contribution in [2.75, 3.05) is 29.5 Å². The lowest BCUT2D eigenvalue weighted by Gasteiger charge is -2.21. The molecule has 2 aliphatic heterocycles. The predicted octanol–water partition coefficient (Wildman–Crippen LogP) is 3.38. The van der Waals surface area contributed by atoms with Gasteiger partial charge in [0.25, 0.3) is 0 Å². The van der Waals surface area contributed by atoms with E-state index in [4.69, 9.17) is 14.2 Å². The smallest absolute Gasteiger partial charge is 0.152 e. The minimum Gasteiger partial charge on any atom is -0.483 e. The van der Waals surface area contributed by atoms with Gasteiger partial charge in [-0.1, -0.05) is 0 Å². The van der Waals surface area contributed by atoms with Crippen LogP contribution in [0.1, 0.15) is 5.56 Å². The molecule has 2 aromatic carbocycles. The van der Waals surface area contributed by atoms with Gasteiger partial charge in [-0.05, 0) is 42.6 Å². The number of aromatic nitrogens is 2. The molecule has 2 aliphatic rings. The molecule has 11 heteroatoms. The fraction of sp³-hybridized carbons (Fsp3) is 0.348. The van der Waals surface area contributed by atoms with Crippen LogP contribution in [0, 0.1) is 12.7 Å². The Kier molecular flexibility index (Phi) is 5.78. The van der Waals surface area contributed by atoms with Crippen LogP contribution in [0.15, 0.2) is 36.7 Å². The van der Waals surface area contributed by atoms with Crippen LogP contribution in [0.4, 0.5) is 26.0 Å². The third kappa shape index (κ3) is 4.50. The van der Waals surface area contributed by atoms with E-state index in [0.717, 1.165) is 10.9 Å². The van der Waals surface area contributed by atoms with Crippen LogP contribution >= 0.6 is 0 Å². The van der Waals surface area contributed by atoms with E-state index >= 15 is 0 Å². The zero-order valence-electron chi connectivity index (χ0n) is 18.6. The fourth-order valence-electron chi connectivity index (χ4n) is 4.30. The molecule has 0 radical (unpaired) electrons. The summed E-state index contributed by atoms with van der Waals surface area (Å²) in [6.07, 6.45) is -0.102. The number of hydrogen-bond donors (Lipinski definition) is 2. The molecule has 2 N–H and O–H groups in total. The summed E-state index contributed by atoms with van der Waals surface area (Å²) >= 11 is 0. The summed E-state index contributed by atoms with van der Waals surface area (Å²) in [4.78, 5) is 8.70. The summed E-state index contributed by atoms with van der Waals surface area (Å²) in [5.41, 5.74) is 2.54. The van der Waals surface area contributed by atoms with Crippen LogP contribution in [0.5, 0.6) is 5.75 Å². The van der Waals surface area contributed by atoms with Gasteiger partial charge >= 0.3 is 0 Å². The highest BCUT2D eigenvalue weighted by Crippen LogP contribution is 2.36. The van der Waals surface area contributed by atoms with E-state index < -0.39 is 40.0 Å². The molecule has 0 aliphatic carbocycles. The molecule has 3 heterocycles. The number of ether oxygens (including phenoxy) is 3. The van der Waals surface area contributed by atoms with Crippen molar-refractivity contribution >= 4 is 43.7 Å². The maximum atomic E-state index is 14.1. The maximum Gasteiger partial charge on any atom is 0.152 e. The van der Waals surface area contributed by atoms with Crippen LogP contribution in [-0.2, 0) is 19.2 Å². The van der Waals surface area contributed by atoms with E-state index in [0.29, 0.717) is 22.7 Å². The van der Waals surface area contributed by atoms with Crippen molar-refractivity contribution in [3.8, 4) is 5.75 Å². The molecule has 0 bridgehead atoms. The number of alkyl halides is 1. The Hall–Kier alpha value is -3.02. The zero-order chi connectivity index (χ0) is 24.0. The first-order valence-electron chi connectivity index (χ1n) is 10.6. The SMILES string of the molecule is C=S(C)(=O)Nc1cc(C)c2c(Nc3ccc(F)cc3OC3COC4C(F)COC34)ncnc2c1. The number of nitrogens with one attached hydrogen (secondary N) is 2. The summed E-state index contributed by atoms with van der Waals surface area (Å²) in [6, 6.07) is 7.68. The molecule has 3 aromatic rings. The lowest BCUT2D eigenvalue weighted by molar-refractivity contribution is 0.0283. The van der Waals surface area contributed by atoms with Crippen molar-refractivity contribution in [2.45, 2.75) is 31.4 Å². The molecule has 1 aromatic heterocycles. The van der Waals surface area contributed by atoms with Crippen LogP contribution < -0.4 is 14.8 Å². The number of hydrogen-bond acceptors (Lipinski definition) is 7. The molecule has 2 saturated heterocycles. The average molecular weight is 491 g/mol. The second-order valence-electron chi connectivity index (χ2n) is 8.55. The lowest BCUT2D eigenvalue weighted by atomic mass is 10.1. The Labute approximate surface area is 195 Å². The number of benzene rings is 2. The minimum atomic E-state index is -2.46. The van der Waals surface area contributed by atoms with Crippen molar-refractivity contribution in [3.63, 3.8) is 0 Å². The molecule has 0 amide bonds. The van der Waals surface area contributed by atoms with Gasteiger partial charge in [0.2, 0.25) is 0 Å². The van der Waals surface area contributed by atoms with Crippen molar-refractivity contribution in [2.24, 2.45) is 0 Å². The Morgan fingerprint density at radius 1 is 1.18 bits per heavy atom. The normalized spacial score (nSPS) is 25.6. The van der Waals surface area contributed by atoms with Crippen LogP contribution in [0.3, 0.4) is 0 Å². The van der Waals surface area contributed by atoms with Crippen molar-refractivity contribution in [3.05, 3.63) is 48.0 Å². The average Bonchev–Trinajstić information content (AvgIpc) is 3.32. The third-order valence-electron chi connectivity index (χ3n) is 5.69. The van der Waals surface area contributed by atoms with Gasteiger partial charge in [0.15, 0.2) is 12.3 Å². The minimum absolute atomic E-state index is 0.0480. The first-order chi connectivity index (χ1) is 16.2. The third-order valence-corrected chi connectivity index (χ3v) is 6.36. The topological polar surface area (TPSA) is 94.6 Å². The molecule has 5 rings (SSSR count). The molecular weight excluding hydrogens is 466 g/mol. The number of fused-ring (bicyclic) bond motifs is 2. The Morgan fingerprint density at radius 3 is 2.76 bits per heavy atom. The zero-order valence-corrected chi connectivity index (χ0v) is 19.4. The van der Waals surface area contributed by atoms with Crippen LogP contribution in [0.25, 0.3) is 10.9 Å². The Bertz CT molecular complexity index is 1350. The summed E-state index contributed by atoms with van der Waals surface area (Å²) in [7, 11) is -2.46. The number of anilines is 3. The first-order valence-corrected chi connectivity index (χ1v) is 12.8. The maximum absolute atomic E-state index is 14.1. The second-order valence-corrected chi connectivity index (χ2v) is 10.8. The number of aryl methyl sites for hydroxylation is 1. The summed E-state index contributed by atoms with van der Waals surface area (Å²) in [5.74, 6) is 3.85. The molecule has 5 atom stereocenters. The largest absolute Gasteiger partial charge is 0.483 e. The fourth-order valence-corrected chi connectivity index (χ4v) is 4.92. The van der Waals surface area contributed by atoms with Gasteiger partial charge in [-0.25, -0.2) is 23.0 Å². The molecule has 5 unspecified atom stereocenters. The Balaban J connectivity index is 1.46. The summed E-state index contributed by atoms with van der Waals surface area (Å²) in [5, 5.41) is 3.94. The van der Waals surface area contributed by atoms with Crippen LogP contribution in [-0.4, -0.2) is 64.0 Å². The van der Waals surface area contributed by atoms with Gasteiger partial charge < -0.3 is 24.2 Å². The molecule has 180 valence electrons. The van der Waals surface area contributed by atoms with Gasteiger partial charge in [0.05, 0.1) is 24.4 Å². The van der Waals surface area contributed by atoms with Crippen molar-refractivity contribution in [1.29, 1.82) is 0 Å². The van der Waals surface area contributed by atoms with Gasteiger partial charge in [-0.2, -0.15) is 0 Å². The number of rotatable bonds is 6. The number of nitrogens with zero attached hydrogens (tertiary/aromatic N) is 2. The summed E-state index contributed by atoms with van der Waals surface area (Å²) < 4.78 is 60.0. The second kappa shape index (κ2) is 8.64. The molecule has 0 spiro atoms. The van der Waals surface area contributed by atoms with Gasteiger partial charge in [-0.3, -0.25) is 0 Å². The highest BCUT2D eigenvalue weighted by atomic mass is 32.2.